The first-order chi connectivity index (χ1) is 12.1. The average Bonchev–Trinajstić information content (AvgIpc) is 2.65. The van der Waals surface area contributed by atoms with Gasteiger partial charge in [0.05, 0.1) is 12.5 Å². The molecule has 1 fully saturated rings. The standard InChI is InChI=1S/C20H23FN2O2/c21-18-9-5-4-8-17(18)14-20(25)23-12-10-22(11-13-23)15-19(24)16-6-2-1-3-7-16/h1-9,19,24H,10-15H2/t19-/m0/s1. The van der Waals surface area contributed by atoms with Crippen molar-refractivity contribution < 1.29 is 14.3 Å². The van der Waals surface area contributed by atoms with Crippen LogP contribution in [0.5, 0.6) is 0 Å². The van der Waals surface area contributed by atoms with E-state index in [2.05, 4.69) is 4.90 Å². The number of carbonyl (C=O) groups is 1. The topological polar surface area (TPSA) is 43.8 Å². The van der Waals surface area contributed by atoms with Crippen LogP contribution < -0.4 is 0 Å². The predicted molar refractivity (Wildman–Crippen MR) is 94.5 cm³/mol. The van der Waals surface area contributed by atoms with E-state index in [4.69, 9.17) is 0 Å². The van der Waals surface area contributed by atoms with Crippen LogP contribution in [0.3, 0.4) is 0 Å². The number of carbonyl (C=O) groups excluding carboxylic acids is 1. The van der Waals surface area contributed by atoms with Gasteiger partial charge in [-0.2, -0.15) is 0 Å². The number of hydrogen-bond donors (Lipinski definition) is 1. The summed E-state index contributed by atoms with van der Waals surface area (Å²) in [5, 5.41) is 10.3. The van der Waals surface area contributed by atoms with Crippen LogP contribution in [-0.2, 0) is 11.2 Å². The maximum Gasteiger partial charge on any atom is 0.227 e. The molecule has 5 heteroatoms. The Balaban J connectivity index is 1.48. The molecule has 4 nitrogen and oxygen atoms in total. The van der Waals surface area contributed by atoms with Gasteiger partial charge in [0.1, 0.15) is 5.82 Å². The highest BCUT2D eigenvalue weighted by atomic mass is 19.1. The van der Waals surface area contributed by atoms with Gasteiger partial charge in [0.25, 0.3) is 0 Å². The summed E-state index contributed by atoms with van der Waals surface area (Å²) in [5.74, 6) is -0.381. The second-order valence-electron chi connectivity index (χ2n) is 6.38. The number of halogens is 1. The van der Waals surface area contributed by atoms with E-state index in [1.807, 2.05) is 30.3 Å². The van der Waals surface area contributed by atoms with Crippen molar-refractivity contribution in [1.29, 1.82) is 0 Å². The van der Waals surface area contributed by atoms with E-state index in [0.29, 0.717) is 38.3 Å². The molecule has 0 bridgehead atoms. The summed E-state index contributed by atoms with van der Waals surface area (Å²) in [5.41, 5.74) is 1.34. The molecular formula is C20H23FN2O2. The predicted octanol–water partition coefficient (Wildman–Crippen LogP) is 2.25. The summed E-state index contributed by atoms with van der Waals surface area (Å²) >= 11 is 0. The van der Waals surface area contributed by atoms with Crippen LogP contribution >= 0.6 is 0 Å². The van der Waals surface area contributed by atoms with Gasteiger partial charge in [-0.05, 0) is 17.2 Å². The van der Waals surface area contributed by atoms with Crippen LogP contribution in [-0.4, -0.2) is 53.5 Å². The van der Waals surface area contributed by atoms with Gasteiger partial charge in [-0.25, -0.2) is 4.39 Å². The summed E-state index contributed by atoms with van der Waals surface area (Å²) in [7, 11) is 0. The number of aliphatic hydroxyl groups excluding tert-OH is 1. The molecule has 1 saturated heterocycles. The Kier molecular flexibility index (Phi) is 5.79. The van der Waals surface area contributed by atoms with Crippen LogP contribution in [0, 0.1) is 5.82 Å². The van der Waals surface area contributed by atoms with Crippen LogP contribution in [0.2, 0.25) is 0 Å². The molecule has 0 spiro atoms. The monoisotopic (exact) mass is 342 g/mol. The van der Waals surface area contributed by atoms with E-state index in [0.717, 1.165) is 5.56 Å². The molecule has 1 amide bonds. The third-order valence-electron chi connectivity index (χ3n) is 4.64. The second kappa shape index (κ2) is 8.23. The number of piperazine rings is 1. The van der Waals surface area contributed by atoms with E-state index in [1.54, 1.807) is 23.1 Å². The highest BCUT2D eigenvalue weighted by molar-refractivity contribution is 5.79. The molecule has 0 unspecified atom stereocenters. The Morgan fingerprint density at radius 2 is 1.64 bits per heavy atom. The minimum absolute atomic E-state index is 0.0478. The van der Waals surface area contributed by atoms with Crippen LogP contribution in [0.1, 0.15) is 17.2 Å². The van der Waals surface area contributed by atoms with Gasteiger partial charge in [0, 0.05) is 32.7 Å². The van der Waals surface area contributed by atoms with E-state index in [1.165, 1.54) is 6.07 Å². The lowest BCUT2D eigenvalue weighted by Crippen LogP contribution is -2.50. The highest BCUT2D eigenvalue weighted by Crippen LogP contribution is 2.16. The van der Waals surface area contributed by atoms with Gasteiger partial charge >= 0.3 is 0 Å². The highest BCUT2D eigenvalue weighted by Gasteiger charge is 2.23. The lowest BCUT2D eigenvalue weighted by atomic mass is 10.1. The van der Waals surface area contributed by atoms with Crippen LogP contribution in [0.25, 0.3) is 0 Å². The van der Waals surface area contributed by atoms with Gasteiger partial charge in [-0.1, -0.05) is 48.5 Å². The van der Waals surface area contributed by atoms with Gasteiger partial charge in [0.2, 0.25) is 5.91 Å². The van der Waals surface area contributed by atoms with Crippen molar-refractivity contribution >= 4 is 5.91 Å². The third-order valence-corrected chi connectivity index (χ3v) is 4.64. The number of rotatable bonds is 5. The Morgan fingerprint density at radius 3 is 2.32 bits per heavy atom. The first-order valence-corrected chi connectivity index (χ1v) is 8.60. The number of benzene rings is 2. The zero-order valence-electron chi connectivity index (χ0n) is 14.1. The summed E-state index contributed by atoms with van der Waals surface area (Å²) in [6, 6.07) is 16.0. The van der Waals surface area contributed by atoms with Gasteiger partial charge in [0.15, 0.2) is 0 Å². The minimum Gasteiger partial charge on any atom is -0.387 e. The first-order valence-electron chi connectivity index (χ1n) is 8.60. The smallest absolute Gasteiger partial charge is 0.227 e. The Bertz CT molecular complexity index is 700. The van der Waals surface area contributed by atoms with Crippen molar-refractivity contribution in [2.24, 2.45) is 0 Å². The van der Waals surface area contributed by atoms with Gasteiger partial charge in [-0.15, -0.1) is 0 Å². The number of nitrogens with zero attached hydrogens (tertiary/aromatic N) is 2. The largest absolute Gasteiger partial charge is 0.387 e. The second-order valence-corrected chi connectivity index (χ2v) is 6.38. The molecule has 0 saturated carbocycles. The molecule has 1 aliphatic rings. The number of amides is 1. The minimum atomic E-state index is -0.526. The molecule has 2 aromatic rings. The zero-order valence-corrected chi connectivity index (χ0v) is 14.1. The van der Waals surface area contributed by atoms with Crippen LogP contribution in [0.4, 0.5) is 4.39 Å². The van der Waals surface area contributed by atoms with Crippen molar-refractivity contribution in [2.45, 2.75) is 12.5 Å². The van der Waals surface area contributed by atoms with E-state index in [-0.39, 0.29) is 18.1 Å². The molecule has 1 N–H and O–H groups in total. The first kappa shape index (κ1) is 17.6. The lowest BCUT2D eigenvalue weighted by molar-refractivity contribution is -0.132. The molecule has 0 aromatic heterocycles. The van der Waals surface area contributed by atoms with E-state index < -0.39 is 6.10 Å². The van der Waals surface area contributed by atoms with E-state index in [9.17, 15) is 14.3 Å². The molecule has 2 aromatic carbocycles. The summed E-state index contributed by atoms with van der Waals surface area (Å²) in [6.45, 7) is 3.20. The lowest BCUT2D eigenvalue weighted by Gasteiger charge is -2.35. The quantitative estimate of drug-likeness (QED) is 0.906. The summed E-state index contributed by atoms with van der Waals surface area (Å²) < 4.78 is 13.7. The maximum atomic E-state index is 13.7. The van der Waals surface area contributed by atoms with Crippen LogP contribution in [0.15, 0.2) is 54.6 Å². The number of β-amino-alcohol motifs (C(OH)–C–C–N with tert-alkyl or cyclic N) is 1. The molecular weight excluding hydrogens is 319 g/mol. The van der Waals surface area contributed by atoms with Gasteiger partial charge < -0.3 is 10.0 Å². The molecule has 25 heavy (non-hydrogen) atoms. The molecule has 0 aliphatic carbocycles. The van der Waals surface area contributed by atoms with E-state index >= 15 is 0 Å². The van der Waals surface area contributed by atoms with Crippen molar-refractivity contribution in [3.63, 3.8) is 0 Å². The van der Waals surface area contributed by atoms with Crippen molar-refractivity contribution in [1.82, 2.24) is 9.80 Å². The van der Waals surface area contributed by atoms with Crippen molar-refractivity contribution in [3.8, 4) is 0 Å². The number of aliphatic hydroxyl groups is 1. The Morgan fingerprint density at radius 1 is 1.00 bits per heavy atom. The fraction of sp³-hybridized carbons (Fsp3) is 0.350. The molecule has 132 valence electrons. The third kappa shape index (κ3) is 4.65. The average molecular weight is 342 g/mol. The Labute approximate surface area is 147 Å². The fourth-order valence-corrected chi connectivity index (χ4v) is 3.12. The molecule has 1 atom stereocenters. The number of hydrogen-bond acceptors (Lipinski definition) is 3. The van der Waals surface area contributed by atoms with Crippen molar-refractivity contribution in [2.75, 3.05) is 32.7 Å². The molecule has 3 rings (SSSR count). The molecule has 1 heterocycles. The van der Waals surface area contributed by atoms with Gasteiger partial charge in [-0.3, -0.25) is 9.69 Å². The summed E-state index contributed by atoms with van der Waals surface area (Å²) in [4.78, 5) is 16.3. The maximum absolute atomic E-state index is 13.7. The molecule has 1 aliphatic heterocycles. The normalized spacial score (nSPS) is 16.6. The van der Waals surface area contributed by atoms with Crippen molar-refractivity contribution in [3.05, 3.63) is 71.5 Å². The Hall–Kier alpha value is -2.24. The SMILES string of the molecule is O=C(Cc1ccccc1F)N1CCN(C[C@H](O)c2ccccc2)CC1. The molecule has 0 radical (unpaired) electrons. The summed E-state index contributed by atoms with van der Waals surface area (Å²) in [6.07, 6.45) is -0.430. The zero-order chi connectivity index (χ0) is 17.6. The fourth-order valence-electron chi connectivity index (χ4n) is 3.12.